The highest BCUT2D eigenvalue weighted by molar-refractivity contribution is 9.10. The molecule has 182 valence electrons. The van der Waals surface area contributed by atoms with Crippen molar-refractivity contribution in [1.29, 1.82) is 0 Å². The standard InChI is InChI=1S/C26H25BrN2O5S/c27-23-16-19(7-12-25(23)34-17-21-5-3-15-33-21)26(30)28-20-8-10-22(11-9-20)35(31,32)29-14-13-18-4-1-2-6-24(18)29/h1-2,4,6-12,16,21H,3,5,13-15,17H2,(H,28,30). The molecular formula is C26H25BrN2O5S. The fourth-order valence-corrected chi connectivity index (χ4v) is 6.31. The Morgan fingerprint density at radius 2 is 1.91 bits per heavy atom. The van der Waals surface area contributed by atoms with Crippen LogP contribution < -0.4 is 14.4 Å². The molecule has 1 amide bonds. The maximum atomic E-state index is 13.2. The van der Waals surface area contributed by atoms with Crippen LogP contribution in [0.15, 0.2) is 76.1 Å². The summed E-state index contributed by atoms with van der Waals surface area (Å²) in [7, 11) is -3.68. The first-order chi connectivity index (χ1) is 16.9. The number of rotatable bonds is 7. The van der Waals surface area contributed by atoms with E-state index in [1.165, 1.54) is 16.4 Å². The zero-order valence-corrected chi connectivity index (χ0v) is 21.3. The Kier molecular flexibility index (Phi) is 6.82. The summed E-state index contributed by atoms with van der Waals surface area (Å²) in [4.78, 5) is 12.9. The number of nitrogens with zero attached hydrogens (tertiary/aromatic N) is 1. The number of nitrogens with one attached hydrogen (secondary N) is 1. The van der Waals surface area contributed by atoms with Crippen molar-refractivity contribution in [2.45, 2.75) is 30.3 Å². The van der Waals surface area contributed by atoms with Gasteiger partial charge in [-0.25, -0.2) is 8.42 Å². The van der Waals surface area contributed by atoms with Crippen LogP contribution in [0.1, 0.15) is 28.8 Å². The van der Waals surface area contributed by atoms with Gasteiger partial charge in [-0.1, -0.05) is 18.2 Å². The van der Waals surface area contributed by atoms with Gasteiger partial charge in [-0.3, -0.25) is 9.10 Å². The Hall–Kier alpha value is -2.88. The molecule has 3 aromatic rings. The van der Waals surface area contributed by atoms with Crippen molar-refractivity contribution in [3.05, 3.63) is 82.3 Å². The average Bonchev–Trinajstić information content (AvgIpc) is 3.54. The van der Waals surface area contributed by atoms with Crippen LogP contribution in [0.4, 0.5) is 11.4 Å². The van der Waals surface area contributed by atoms with Gasteiger partial charge in [-0.15, -0.1) is 0 Å². The highest BCUT2D eigenvalue weighted by Gasteiger charge is 2.30. The predicted octanol–water partition coefficient (Wildman–Crippen LogP) is 5.01. The molecule has 2 heterocycles. The van der Waals surface area contributed by atoms with E-state index in [-0.39, 0.29) is 16.9 Å². The molecule has 1 N–H and O–H groups in total. The Balaban J connectivity index is 1.24. The normalized spacial score (nSPS) is 17.3. The third-order valence-electron chi connectivity index (χ3n) is 6.19. The summed E-state index contributed by atoms with van der Waals surface area (Å²) in [5, 5.41) is 2.82. The van der Waals surface area contributed by atoms with Crippen LogP contribution >= 0.6 is 15.9 Å². The second-order valence-electron chi connectivity index (χ2n) is 8.53. The van der Waals surface area contributed by atoms with Crippen LogP contribution in [0.5, 0.6) is 5.75 Å². The number of hydrogen-bond acceptors (Lipinski definition) is 5. The SMILES string of the molecule is O=C(Nc1ccc(S(=O)(=O)N2CCc3ccccc32)cc1)c1ccc(OCC2CCCO2)c(Br)c1. The summed E-state index contributed by atoms with van der Waals surface area (Å²) in [6, 6.07) is 18.9. The second kappa shape index (κ2) is 10.0. The number of benzene rings is 3. The van der Waals surface area contributed by atoms with E-state index in [1.54, 1.807) is 30.3 Å². The number of para-hydroxylation sites is 1. The molecule has 0 radical (unpaired) electrons. The first-order valence-electron chi connectivity index (χ1n) is 11.5. The molecule has 0 saturated carbocycles. The largest absolute Gasteiger partial charge is 0.490 e. The Bertz CT molecular complexity index is 1340. The van der Waals surface area contributed by atoms with Crippen molar-refractivity contribution in [2.24, 2.45) is 0 Å². The van der Waals surface area contributed by atoms with Crippen molar-refractivity contribution in [1.82, 2.24) is 0 Å². The third-order valence-corrected chi connectivity index (χ3v) is 8.63. The lowest BCUT2D eigenvalue weighted by atomic mass is 10.2. The van der Waals surface area contributed by atoms with Gasteiger partial charge < -0.3 is 14.8 Å². The van der Waals surface area contributed by atoms with Gasteiger partial charge >= 0.3 is 0 Å². The number of anilines is 2. The van der Waals surface area contributed by atoms with E-state index in [0.29, 0.717) is 41.0 Å². The summed E-state index contributed by atoms with van der Waals surface area (Å²) < 4.78 is 39.9. The topological polar surface area (TPSA) is 84.9 Å². The molecule has 3 aromatic carbocycles. The minimum Gasteiger partial charge on any atom is -0.490 e. The Morgan fingerprint density at radius 1 is 1.11 bits per heavy atom. The van der Waals surface area contributed by atoms with Gasteiger partial charge in [-0.2, -0.15) is 0 Å². The monoisotopic (exact) mass is 556 g/mol. The van der Waals surface area contributed by atoms with Crippen molar-refractivity contribution in [2.75, 3.05) is 29.4 Å². The molecule has 9 heteroatoms. The molecule has 0 aromatic heterocycles. The average molecular weight is 557 g/mol. The van der Waals surface area contributed by atoms with Gasteiger partial charge in [-0.05, 0) is 89.3 Å². The molecule has 1 fully saturated rings. The van der Waals surface area contributed by atoms with Crippen LogP contribution in [0.25, 0.3) is 0 Å². The van der Waals surface area contributed by atoms with Crippen LogP contribution in [0.2, 0.25) is 0 Å². The van der Waals surface area contributed by atoms with E-state index >= 15 is 0 Å². The number of fused-ring (bicyclic) bond motifs is 1. The Morgan fingerprint density at radius 3 is 2.66 bits per heavy atom. The van der Waals surface area contributed by atoms with Crippen molar-refractivity contribution in [3.63, 3.8) is 0 Å². The summed E-state index contributed by atoms with van der Waals surface area (Å²) in [5.41, 5.74) is 2.70. The highest BCUT2D eigenvalue weighted by Crippen LogP contribution is 2.33. The summed E-state index contributed by atoms with van der Waals surface area (Å²) in [6.45, 7) is 1.66. The Labute approximate surface area is 213 Å². The first-order valence-corrected chi connectivity index (χ1v) is 13.7. The molecule has 1 unspecified atom stereocenters. The summed E-state index contributed by atoms with van der Waals surface area (Å²) in [5.74, 6) is 0.343. The second-order valence-corrected chi connectivity index (χ2v) is 11.2. The van der Waals surface area contributed by atoms with Crippen LogP contribution in [-0.4, -0.2) is 40.2 Å². The van der Waals surface area contributed by atoms with E-state index in [9.17, 15) is 13.2 Å². The number of amides is 1. The first kappa shape index (κ1) is 23.8. The van der Waals surface area contributed by atoms with Crippen LogP contribution in [0, 0.1) is 0 Å². The lowest BCUT2D eigenvalue weighted by molar-refractivity contribution is 0.0677. The molecule has 1 atom stereocenters. The zero-order valence-electron chi connectivity index (χ0n) is 18.9. The lowest BCUT2D eigenvalue weighted by Crippen LogP contribution is -2.29. The van der Waals surface area contributed by atoms with Gasteiger partial charge in [0, 0.05) is 24.4 Å². The van der Waals surface area contributed by atoms with Gasteiger partial charge in [0.05, 0.1) is 21.2 Å². The van der Waals surface area contributed by atoms with E-state index < -0.39 is 10.0 Å². The number of carbonyl (C=O) groups is 1. The van der Waals surface area contributed by atoms with Crippen molar-refractivity contribution < 1.29 is 22.7 Å². The van der Waals surface area contributed by atoms with Crippen molar-refractivity contribution in [3.8, 4) is 5.75 Å². The van der Waals surface area contributed by atoms with E-state index in [0.717, 1.165) is 30.7 Å². The fourth-order valence-electron chi connectivity index (χ4n) is 4.32. The molecule has 0 aliphatic carbocycles. The number of ether oxygens (including phenoxy) is 2. The number of hydrogen-bond donors (Lipinski definition) is 1. The molecule has 2 aliphatic heterocycles. The fraction of sp³-hybridized carbons (Fsp3) is 0.269. The minimum atomic E-state index is -3.68. The van der Waals surface area contributed by atoms with Crippen LogP contribution in [-0.2, 0) is 21.2 Å². The lowest BCUT2D eigenvalue weighted by Gasteiger charge is -2.19. The smallest absolute Gasteiger partial charge is 0.264 e. The zero-order chi connectivity index (χ0) is 24.4. The predicted molar refractivity (Wildman–Crippen MR) is 138 cm³/mol. The molecule has 0 spiro atoms. The number of carbonyl (C=O) groups excluding carboxylic acids is 1. The molecule has 1 saturated heterocycles. The quantitative estimate of drug-likeness (QED) is 0.442. The number of sulfonamides is 1. The van der Waals surface area contributed by atoms with Crippen molar-refractivity contribution >= 4 is 43.2 Å². The molecule has 7 nitrogen and oxygen atoms in total. The number of halogens is 1. The van der Waals surface area contributed by atoms with Crippen LogP contribution in [0.3, 0.4) is 0 Å². The van der Waals surface area contributed by atoms with Gasteiger partial charge in [0.2, 0.25) is 0 Å². The maximum absolute atomic E-state index is 13.2. The highest BCUT2D eigenvalue weighted by atomic mass is 79.9. The minimum absolute atomic E-state index is 0.108. The molecule has 35 heavy (non-hydrogen) atoms. The molecular weight excluding hydrogens is 532 g/mol. The van der Waals surface area contributed by atoms with Gasteiger partial charge in [0.1, 0.15) is 12.4 Å². The summed E-state index contributed by atoms with van der Waals surface area (Å²) >= 11 is 3.47. The third kappa shape index (κ3) is 5.07. The molecule has 2 aliphatic rings. The molecule has 5 rings (SSSR count). The van der Waals surface area contributed by atoms with Gasteiger partial charge in [0.25, 0.3) is 15.9 Å². The maximum Gasteiger partial charge on any atom is 0.264 e. The van der Waals surface area contributed by atoms with E-state index in [4.69, 9.17) is 9.47 Å². The van der Waals surface area contributed by atoms with E-state index in [2.05, 4.69) is 21.2 Å². The molecule has 0 bridgehead atoms. The summed E-state index contributed by atoms with van der Waals surface area (Å²) in [6.07, 6.45) is 2.84. The van der Waals surface area contributed by atoms with Gasteiger partial charge in [0.15, 0.2) is 0 Å². The van der Waals surface area contributed by atoms with E-state index in [1.807, 2.05) is 24.3 Å².